The number of halogens is 4. The lowest BCUT2D eigenvalue weighted by atomic mass is 10.0. The van der Waals surface area contributed by atoms with Crippen molar-refractivity contribution in [3.63, 3.8) is 0 Å². The van der Waals surface area contributed by atoms with Gasteiger partial charge in [0.2, 0.25) is 0 Å². The zero-order valence-electron chi connectivity index (χ0n) is 17.3. The van der Waals surface area contributed by atoms with Crippen LogP contribution in [0, 0.1) is 0 Å². The Morgan fingerprint density at radius 2 is 1.94 bits per heavy atom. The minimum atomic E-state index is -4.78. The van der Waals surface area contributed by atoms with Crippen LogP contribution in [0.5, 0.6) is 5.75 Å². The Kier molecular flexibility index (Phi) is 5.76. The van der Waals surface area contributed by atoms with E-state index in [1.807, 2.05) is 0 Å². The number of ether oxygens (including phenoxy) is 1. The quantitative estimate of drug-likeness (QED) is 0.615. The fraction of sp³-hybridized carbons (Fsp3) is 0.381. The molecule has 3 heterocycles. The maximum absolute atomic E-state index is 13.9. The van der Waals surface area contributed by atoms with Crippen molar-refractivity contribution in [2.24, 2.45) is 0 Å². The number of aromatic nitrogens is 3. The minimum absolute atomic E-state index is 0.0312. The summed E-state index contributed by atoms with van der Waals surface area (Å²) in [7, 11) is 1.43. The van der Waals surface area contributed by atoms with E-state index in [0.29, 0.717) is 34.5 Å². The fourth-order valence-corrected chi connectivity index (χ4v) is 4.01. The van der Waals surface area contributed by atoms with E-state index in [4.69, 9.17) is 16.3 Å². The number of fused-ring (bicyclic) bond motifs is 1. The van der Waals surface area contributed by atoms with Crippen LogP contribution >= 0.6 is 11.6 Å². The van der Waals surface area contributed by atoms with Crippen molar-refractivity contribution in [3.05, 3.63) is 46.2 Å². The highest BCUT2D eigenvalue weighted by Gasteiger charge is 2.37. The van der Waals surface area contributed by atoms with Crippen molar-refractivity contribution in [2.75, 3.05) is 20.2 Å². The molecule has 32 heavy (non-hydrogen) atoms. The second-order valence-corrected chi connectivity index (χ2v) is 7.93. The number of hydrogen-bond acceptors (Lipinski definition) is 5. The Morgan fingerprint density at radius 1 is 1.25 bits per heavy atom. The molecule has 170 valence electrons. The molecule has 3 aromatic rings. The van der Waals surface area contributed by atoms with E-state index in [2.05, 4.69) is 10.1 Å². The van der Waals surface area contributed by atoms with Gasteiger partial charge in [-0.25, -0.2) is 9.50 Å². The Morgan fingerprint density at radius 3 is 2.53 bits per heavy atom. The zero-order valence-corrected chi connectivity index (χ0v) is 18.0. The Balaban J connectivity index is 1.91. The lowest BCUT2D eigenvalue weighted by Gasteiger charge is -2.14. The first-order chi connectivity index (χ1) is 15.1. The van der Waals surface area contributed by atoms with Crippen molar-refractivity contribution >= 4 is 23.2 Å². The van der Waals surface area contributed by atoms with Crippen LogP contribution in [-0.4, -0.2) is 50.7 Å². The SMILES string of the molecule is COc1ccc(-c2cc(C(F)(F)F)n3nc(C(=O)N4CCCC4)c(Cl)c3n2)cc1C(C)O. The van der Waals surface area contributed by atoms with Gasteiger partial charge in [-0.1, -0.05) is 11.6 Å². The summed E-state index contributed by atoms with van der Waals surface area (Å²) in [5, 5.41) is 13.7. The van der Waals surface area contributed by atoms with Gasteiger partial charge in [-0.2, -0.15) is 18.3 Å². The summed E-state index contributed by atoms with van der Waals surface area (Å²) in [6.07, 6.45) is -4.07. The third-order valence-electron chi connectivity index (χ3n) is 5.39. The first-order valence-electron chi connectivity index (χ1n) is 9.94. The van der Waals surface area contributed by atoms with E-state index >= 15 is 0 Å². The third kappa shape index (κ3) is 3.88. The number of carbonyl (C=O) groups is 1. The van der Waals surface area contributed by atoms with E-state index in [1.54, 1.807) is 0 Å². The van der Waals surface area contributed by atoms with Crippen LogP contribution in [-0.2, 0) is 6.18 Å². The predicted molar refractivity (Wildman–Crippen MR) is 111 cm³/mol. The average molecular weight is 469 g/mol. The van der Waals surface area contributed by atoms with E-state index < -0.39 is 23.9 Å². The number of alkyl halides is 3. The van der Waals surface area contributed by atoms with Crippen LogP contribution in [0.3, 0.4) is 0 Å². The monoisotopic (exact) mass is 468 g/mol. The molecule has 0 bridgehead atoms. The van der Waals surface area contributed by atoms with E-state index in [1.165, 1.54) is 37.1 Å². The molecule has 0 spiro atoms. The van der Waals surface area contributed by atoms with Gasteiger partial charge in [0, 0.05) is 24.2 Å². The van der Waals surface area contributed by atoms with Gasteiger partial charge in [-0.05, 0) is 44.0 Å². The highest BCUT2D eigenvalue weighted by atomic mass is 35.5. The maximum atomic E-state index is 13.9. The highest BCUT2D eigenvalue weighted by molar-refractivity contribution is 6.36. The molecule has 1 saturated heterocycles. The lowest BCUT2D eigenvalue weighted by Crippen LogP contribution is -2.28. The van der Waals surface area contributed by atoms with Gasteiger partial charge in [0.25, 0.3) is 5.91 Å². The third-order valence-corrected chi connectivity index (χ3v) is 5.74. The first kappa shape index (κ1) is 22.3. The number of amides is 1. The first-order valence-corrected chi connectivity index (χ1v) is 10.3. The van der Waals surface area contributed by atoms with Crippen LogP contribution in [0.25, 0.3) is 16.9 Å². The Bertz CT molecular complexity index is 1190. The van der Waals surface area contributed by atoms with Gasteiger partial charge in [-0.3, -0.25) is 4.79 Å². The molecule has 1 amide bonds. The minimum Gasteiger partial charge on any atom is -0.496 e. The van der Waals surface area contributed by atoms with Gasteiger partial charge in [0.05, 0.1) is 18.9 Å². The van der Waals surface area contributed by atoms with Crippen LogP contribution < -0.4 is 4.74 Å². The molecule has 7 nitrogen and oxygen atoms in total. The van der Waals surface area contributed by atoms with Gasteiger partial charge in [0.15, 0.2) is 17.0 Å². The highest BCUT2D eigenvalue weighted by Crippen LogP contribution is 2.36. The number of benzene rings is 1. The molecule has 1 aromatic carbocycles. The van der Waals surface area contributed by atoms with Crippen LogP contribution in [0.1, 0.15) is 47.6 Å². The van der Waals surface area contributed by atoms with E-state index in [0.717, 1.165) is 18.9 Å². The Hall–Kier alpha value is -2.85. The summed E-state index contributed by atoms with van der Waals surface area (Å²) in [4.78, 5) is 18.6. The molecule has 1 atom stereocenters. The van der Waals surface area contributed by atoms with Crippen molar-refractivity contribution in [1.82, 2.24) is 19.5 Å². The van der Waals surface area contributed by atoms with Gasteiger partial charge in [-0.15, -0.1) is 0 Å². The molecule has 0 aliphatic carbocycles. The number of carbonyl (C=O) groups excluding carboxylic acids is 1. The summed E-state index contributed by atoms with van der Waals surface area (Å²) < 4.78 is 47.5. The molecule has 11 heteroatoms. The summed E-state index contributed by atoms with van der Waals surface area (Å²) in [6.45, 7) is 2.52. The van der Waals surface area contributed by atoms with Crippen LogP contribution in [0.15, 0.2) is 24.3 Å². The molecular weight excluding hydrogens is 449 g/mol. The molecule has 2 aromatic heterocycles. The summed E-state index contributed by atoms with van der Waals surface area (Å²) in [5.74, 6) is -0.129. The molecule has 4 rings (SSSR count). The molecule has 0 radical (unpaired) electrons. The second-order valence-electron chi connectivity index (χ2n) is 7.55. The number of aliphatic hydroxyl groups is 1. The summed E-state index contributed by atoms with van der Waals surface area (Å²) >= 11 is 6.32. The van der Waals surface area contributed by atoms with Crippen molar-refractivity contribution < 1.29 is 27.8 Å². The largest absolute Gasteiger partial charge is 0.496 e. The number of methoxy groups -OCH3 is 1. The molecule has 1 fully saturated rings. The number of aliphatic hydroxyl groups excluding tert-OH is 1. The van der Waals surface area contributed by atoms with Crippen molar-refractivity contribution in [2.45, 2.75) is 32.0 Å². The zero-order chi connectivity index (χ0) is 23.2. The van der Waals surface area contributed by atoms with E-state index in [9.17, 15) is 23.1 Å². The molecule has 1 aliphatic heterocycles. The predicted octanol–water partition coefficient (Wildman–Crippen LogP) is 4.37. The standard InChI is InChI=1S/C21H20ClF3N4O3/c1-11(30)13-9-12(5-6-15(13)32-2)14-10-16(21(23,24)25)29-19(26-14)17(22)18(27-29)20(31)28-7-3-4-8-28/h5-6,9-11,30H,3-4,7-8H2,1-2H3. The topological polar surface area (TPSA) is 80.0 Å². The Labute approximate surface area is 186 Å². The maximum Gasteiger partial charge on any atom is 0.433 e. The average Bonchev–Trinajstić information content (AvgIpc) is 3.40. The summed E-state index contributed by atoms with van der Waals surface area (Å²) in [5.41, 5.74) is -0.966. The normalized spacial score (nSPS) is 15.4. The second kappa shape index (κ2) is 8.25. The lowest BCUT2D eigenvalue weighted by molar-refractivity contribution is -0.142. The molecule has 0 saturated carbocycles. The van der Waals surface area contributed by atoms with Gasteiger partial charge in [0.1, 0.15) is 10.8 Å². The molecule has 1 aliphatic rings. The molecule has 1 N–H and O–H groups in total. The number of nitrogens with zero attached hydrogens (tertiary/aromatic N) is 4. The summed E-state index contributed by atoms with van der Waals surface area (Å²) in [6, 6.07) is 5.41. The van der Waals surface area contributed by atoms with Gasteiger partial charge < -0.3 is 14.7 Å². The van der Waals surface area contributed by atoms with Crippen molar-refractivity contribution in [1.29, 1.82) is 0 Å². The number of likely N-dealkylation sites (tertiary alicyclic amines) is 1. The van der Waals surface area contributed by atoms with Crippen molar-refractivity contribution in [3.8, 4) is 17.0 Å². The van der Waals surface area contributed by atoms with Gasteiger partial charge >= 0.3 is 6.18 Å². The number of hydrogen-bond donors (Lipinski definition) is 1. The van der Waals surface area contributed by atoms with E-state index in [-0.39, 0.29) is 22.1 Å². The van der Waals surface area contributed by atoms with Crippen LogP contribution in [0.2, 0.25) is 5.02 Å². The molecular formula is C21H20ClF3N4O3. The smallest absolute Gasteiger partial charge is 0.433 e. The molecule has 1 unspecified atom stereocenters. The van der Waals surface area contributed by atoms with Crippen LogP contribution in [0.4, 0.5) is 13.2 Å². The number of rotatable bonds is 4. The fourth-order valence-electron chi connectivity index (χ4n) is 3.77.